The molecule has 152 valence electrons. The fourth-order valence-corrected chi connectivity index (χ4v) is 3.26. The molecule has 2 aromatic rings. The third kappa shape index (κ3) is 6.10. The predicted molar refractivity (Wildman–Crippen MR) is 103 cm³/mol. The van der Waals surface area contributed by atoms with Crippen LogP contribution in [0.3, 0.4) is 0 Å². The highest BCUT2D eigenvalue weighted by Gasteiger charge is 2.31. The maximum Gasteiger partial charge on any atom is 0.573 e. The first-order valence-corrected chi connectivity index (χ1v) is 9.13. The Kier molecular flexibility index (Phi) is 7.64. The number of benzene rings is 1. The Morgan fingerprint density at radius 2 is 1.82 bits per heavy atom. The molecule has 1 aliphatic heterocycles. The van der Waals surface area contributed by atoms with Gasteiger partial charge in [-0.2, -0.15) is 0 Å². The van der Waals surface area contributed by atoms with Crippen LogP contribution in [0.5, 0.6) is 5.75 Å². The van der Waals surface area contributed by atoms with Crippen molar-refractivity contribution in [2.24, 2.45) is 0 Å². The van der Waals surface area contributed by atoms with Crippen molar-refractivity contribution in [3.8, 4) is 5.75 Å². The van der Waals surface area contributed by atoms with Crippen LogP contribution in [0.2, 0.25) is 0 Å². The number of ether oxygens (including phenoxy) is 1. The summed E-state index contributed by atoms with van der Waals surface area (Å²) < 4.78 is 41.0. The molecule has 0 aliphatic carbocycles. The molecule has 0 spiro atoms. The van der Waals surface area contributed by atoms with E-state index in [1.165, 1.54) is 18.3 Å². The number of hydrogen-bond donors (Lipinski definition) is 2. The van der Waals surface area contributed by atoms with Crippen LogP contribution in [0.4, 0.5) is 24.7 Å². The van der Waals surface area contributed by atoms with E-state index in [-0.39, 0.29) is 5.75 Å². The predicted octanol–water partition coefficient (Wildman–Crippen LogP) is 4.20. The minimum absolute atomic E-state index is 0.343. The molecule has 10 heteroatoms. The lowest BCUT2D eigenvalue weighted by Gasteiger charge is -2.18. The average molecular weight is 462 g/mol. The number of halogens is 4. The van der Waals surface area contributed by atoms with Crippen LogP contribution in [0, 0.1) is 0 Å². The summed E-state index contributed by atoms with van der Waals surface area (Å²) >= 11 is 3.44. The highest BCUT2D eigenvalue weighted by molar-refractivity contribution is 9.10. The number of carbonyl (C=O) groups excluding carboxylic acids is 1. The van der Waals surface area contributed by atoms with E-state index in [0.717, 1.165) is 55.5 Å². The molecule has 1 aromatic carbocycles. The SMILES string of the molecule is CO.O=C(Nc1ccc(OC(F)(F)F)cc1)c1cnc(N2CCCC2)c(Br)c1. The fourth-order valence-electron chi connectivity index (χ4n) is 2.66. The summed E-state index contributed by atoms with van der Waals surface area (Å²) in [6.45, 7) is 1.87. The molecule has 0 bridgehead atoms. The van der Waals surface area contributed by atoms with Gasteiger partial charge >= 0.3 is 6.36 Å². The summed E-state index contributed by atoms with van der Waals surface area (Å²) in [5, 5.41) is 9.61. The largest absolute Gasteiger partial charge is 0.573 e. The van der Waals surface area contributed by atoms with Crippen LogP contribution < -0.4 is 15.0 Å². The van der Waals surface area contributed by atoms with Gasteiger partial charge in [-0.15, -0.1) is 13.2 Å². The molecule has 0 radical (unpaired) electrons. The Balaban J connectivity index is 0.00000136. The lowest BCUT2D eigenvalue weighted by Crippen LogP contribution is -2.20. The molecule has 2 heterocycles. The molecule has 1 amide bonds. The van der Waals surface area contributed by atoms with Gasteiger partial charge < -0.3 is 20.1 Å². The van der Waals surface area contributed by atoms with Gasteiger partial charge in [-0.05, 0) is 59.1 Å². The van der Waals surface area contributed by atoms with Crippen molar-refractivity contribution in [2.45, 2.75) is 19.2 Å². The number of aliphatic hydroxyl groups excluding tert-OH is 1. The van der Waals surface area contributed by atoms with E-state index in [1.807, 2.05) is 0 Å². The molecule has 3 rings (SSSR count). The van der Waals surface area contributed by atoms with Crippen molar-refractivity contribution in [3.05, 3.63) is 46.6 Å². The zero-order valence-electron chi connectivity index (χ0n) is 15.0. The standard InChI is InChI=1S/C17H15BrF3N3O2.CH4O/c18-14-9-11(10-22-15(14)24-7-1-2-8-24)16(25)23-12-3-5-13(6-4-12)26-17(19,20)21;1-2/h3-6,9-10H,1-2,7-8H2,(H,23,25);2H,1H3. The van der Waals surface area contributed by atoms with Gasteiger partial charge in [0.2, 0.25) is 0 Å². The highest BCUT2D eigenvalue weighted by atomic mass is 79.9. The van der Waals surface area contributed by atoms with Gasteiger partial charge in [0.1, 0.15) is 11.6 Å². The number of anilines is 2. The first-order chi connectivity index (χ1) is 13.3. The number of nitrogens with one attached hydrogen (secondary N) is 1. The van der Waals surface area contributed by atoms with E-state index in [9.17, 15) is 18.0 Å². The summed E-state index contributed by atoms with van der Waals surface area (Å²) in [4.78, 5) is 18.8. The number of rotatable bonds is 4. The van der Waals surface area contributed by atoms with E-state index in [1.54, 1.807) is 6.07 Å². The van der Waals surface area contributed by atoms with Crippen molar-refractivity contribution in [1.82, 2.24) is 4.98 Å². The van der Waals surface area contributed by atoms with Gasteiger partial charge in [0.15, 0.2) is 0 Å². The van der Waals surface area contributed by atoms with Crippen molar-refractivity contribution in [1.29, 1.82) is 0 Å². The molecule has 0 saturated carbocycles. The number of amides is 1. The van der Waals surface area contributed by atoms with Gasteiger partial charge in [-0.3, -0.25) is 4.79 Å². The van der Waals surface area contributed by atoms with E-state index in [0.29, 0.717) is 11.3 Å². The Labute approximate surface area is 168 Å². The van der Waals surface area contributed by atoms with E-state index < -0.39 is 12.3 Å². The molecular weight excluding hydrogens is 443 g/mol. The van der Waals surface area contributed by atoms with Crippen LogP contribution in [-0.2, 0) is 0 Å². The summed E-state index contributed by atoms with van der Waals surface area (Å²) in [5.41, 5.74) is 0.694. The van der Waals surface area contributed by atoms with Gasteiger partial charge in [0.25, 0.3) is 5.91 Å². The van der Waals surface area contributed by atoms with Crippen LogP contribution in [0.25, 0.3) is 0 Å². The first kappa shape index (κ1) is 22.0. The second-order valence-corrected chi connectivity index (χ2v) is 6.60. The first-order valence-electron chi connectivity index (χ1n) is 8.34. The second kappa shape index (κ2) is 9.74. The van der Waals surface area contributed by atoms with Crippen molar-refractivity contribution >= 4 is 33.3 Å². The Bertz CT molecular complexity index is 795. The summed E-state index contributed by atoms with van der Waals surface area (Å²) in [5.74, 6) is 0.0400. The normalized spacial score (nSPS) is 13.6. The maximum absolute atomic E-state index is 12.3. The number of aromatic nitrogens is 1. The van der Waals surface area contributed by atoms with Crippen LogP contribution >= 0.6 is 15.9 Å². The van der Waals surface area contributed by atoms with Crippen molar-refractivity contribution in [2.75, 3.05) is 30.4 Å². The van der Waals surface area contributed by atoms with Gasteiger partial charge in [-0.25, -0.2) is 4.98 Å². The summed E-state index contributed by atoms with van der Waals surface area (Å²) in [7, 11) is 1.00. The van der Waals surface area contributed by atoms with Gasteiger partial charge in [-0.1, -0.05) is 0 Å². The fraction of sp³-hybridized carbons (Fsp3) is 0.333. The average Bonchev–Trinajstić information content (AvgIpc) is 3.18. The molecule has 1 fully saturated rings. The maximum atomic E-state index is 12.3. The molecule has 6 nitrogen and oxygen atoms in total. The molecular formula is C18H19BrF3N3O3. The number of nitrogens with zero attached hydrogens (tertiary/aromatic N) is 2. The van der Waals surface area contributed by atoms with Gasteiger partial charge in [0.05, 0.1) is 10.0 Å². The monoisotopic (exact) mass is 461 g/mol. The minimum Gasteiger partial charge on any atom is -0.406 e. The zero-order chi connectivity index (χ0) is 20.7. The van der Waals surface area contributed by atoms with E-state index >= 15 is 0 Å². The lowest BCUT2D eigenvalue weighted by atomic mass is 10.2. The summed E-state index contributed by atoms with van der Waals surface area (Å²) in [6, 6.07) is 6.61. The third-order valence-electron chi connectivity index (χ3n) is 3.84. The molecule has 0 unspecified atom stereocenters. The second-order valence-electron chi connectivity index (χ2n) is 5.75. The Hall–Kier alpha value is -2.33. The van der Waals surface area contributed by atoms with E-state index in [4.69, 9.17) is 5.11 Å². The molecule has 1 saturated heterocycles. The Morgan fingerprint density at radius 3 is 2.36 bits per heavy atom. The van der Waals surface area contributed by atoms with Crippen LogP contribution in [0.1, 0.15) is 23.2 Å². The molecule has 1 aromatic heterocycles. The highest BCUT2D eigenvalue weighted by Crippen LogP contribution is 2.28. The van der Waals surface area contributed by atoms with Crippen molar-refractivity contribution in [3.63, 3.8) is 0 Å². The Morgan fingerprint density at radius 1 is 1.21 bits per heavy atom. The lowest BCUT2D eigenvalue weighted by molar-refractivity contribution is -0.274. The van der Waals surface area contributed by atoms with Crippen molar-refractivity contribution < 1.29 is 27.8 Å². The molecule has 0 atom stereocenters. The molecule has 1 aliphatic rings. The van der Waals surface area contributed by atoms with E-state index in [2.05, 4.69) is 35.9 Å². The minimum atomic E-state index is -4.75. The third-order valence-corrected chi connectivity index (χ3v) is 4.42. The molecule has 28 heavy (non-hydrogen) atoms. The zero-order valence-corrected chi connectivity index (χ0v) is 16.5. The smallest absolute Gasteiger partial charge is 0.406 e. The van der Waals surface area contributed by atoms with Gasteiger partial charge in [0, 0.05) is 32.1 Å². The number of carbonyl (C=O) groups is 1. The number of hydrogen-bond acceptors (Lipinski definition) is 5. The topological polar surface area (TPSA) is 74.7 Å². The van der Waals surface area contributed by atoms with Crippen LogP contribution in [0.15, 0.2) is 41.0 Å². The molecule has 2 N–H and O–H groups in total. The number of alkyl halides is 3. The quantitative estimate of drug-likeness (QED) is 0.713. The summed E-state index contributed by atoms with van der Waals surface area (Å²) in [6.07, 6.45) is -1.04. The number of pyridine rings is 1. The number of aliphatic hydroxyl groups is 1. The van der Waals surface area contributed by atoms with Crippen LogP contribution in [-0.4, -0.2) is 42.6 Å².